The van der Waals surface area contributed by atoms with Gasteiger partial charge in [-0.3, -0.25) is 9.59 Å². The van der Waals surface area contributed by atoms with Crippen molar-refractivity contribution in [1.29, 1.82) is 0 Å². The van der Waals surface area contributed by atoms with Crippen molar-refractivity contribution in [2.24, 2.45) is 0 Å². The molecular formula is C23H34N4O6S. The Hall–Kier alpha value is -3.21. The maximum atomic E-state index is 11.9. The number of nitrogens with one attached hydrogen (secondary N) is 3. The number of methoxy groups -OCH3 is 1. The molecule has 0 aliphatic heterocycles. The standard InChI is InChI=1S/C18H27N3O3S.C5H7NO3/c1-11(2)19-15(22)14-10-25-16(21-14)12-6-8-13(9-7-12)20-17(23)24-18(3,4)5;1-4(6-3-7)5(8)9-2/h10,12-13H,1,6-9H2,2-5H3,(H,19,22)(H,20,23);3H,1H2,2H3,(H,6,7). The van der Waals surface area contributed by atoms with Gasteiger partial charge < -0.3 is 25.4 Å². The van der Waals surface area contributed by atoms with Crippen LogP contribution in [0.5, 0.6) is 0 Å². The molecule has 0 unspecified atom stereocenters. The Morgan fingerprint density at radius 3 is 2.29 bits per heavy atom. The lowest BCUT2D eigenvalue weighted by Crippen LogP contribution is -2.40. The van der Waals surface area contributed by atoms with Gasteiger partial charge in [0, 0.05) is 23.0 Å². The number of hydrogen-bond acceptors (Lipinski definition) is 8. The number of carbonyl (C=O) groups is 4. The van der Waals surface area contributed by atoms with Gasteiger partial charge in [0.2, 0.25) is 6.41 Å². The molecule has 0 atom stereocenters. The Morgan fingerprint density at radius 2 is 1.79 bits per heavy atom. The highest BCUT2D eigenvalue weighted by Gasteiger charge is 2.27. The van der Waals surface area contributed by atoms with Crippen molar-refractivity contribution in [3.05, 3.63) is 40.6 Å². The lowest BCUT2D eigenvalue weighted by molar-refractivity contribution is -0.137. The first kappa shape index (κ1) is 28.8. The van der Waals surface area contributed by atoms with E-state index in [1.807, 2.05) is 26.1 Å². The Kier molecular flexibility index (Phi) is 11.4. The molecule has 34 heavy (non-hydrogen) atoms. The molecule has 0 radical (unpaired) electrons. The van der Waals surface area contributed by atoms with Crippen LogP contribution in [0.4, 0.5) is 4.79 Å². The molecule has 2 rings (SSSR count). The number of ether oxygens (including phenoxy) is 2. The second-order valence-electron chi connectivity index (χ2n) is 8.73. The zero-order valence-corrected chi connectivity index (χ0v) is 21.2. The lowest BCUT2D eigenvalue weighted by Gasteiger charge is -2.29. The molecule has 11 heteroatoms. The molecule has 1 aliphatic carbocycles. The molecule has 1 aromatic heterocycles. The third-order valence-corrected chi connectivity index (χ3v) is 5.55. The normalized spacial score (nSPS) is 17.2. The fourth-order valence-electron chi connectivity index (χ4n) is 3.05. The lowest BCUT2D eigenvalue weighted by atomic mass is 9.86. The van der Waals surface area contributed by atoms with Gasteiger partial charge in [-0.25, -0.2) is 14.6 Å². The van der Waals surface area contributed by atoms with Crippen molar-refractivity contribution < 1.29 is 28.7 Å². The van der Waals surface area contributed by atoms with Crippen LogP contribution in [0.2, 0.25) is 0 Å². The van der Waals surface area contributed by atoms with E-state index in [1.165, 1.54) is 18.4 Å². The summed E-state index contributed by atoms with van der Waals surface area (Å²) in [6.07, 6.45) is 3.65. The summed E-state index contributed by atoms with van der Waals surface area (Å²) in [5.41, 5.74) is 0.501. The predicted octanol–water partition coefficient (Wildman–Crippen LogP) is 3.38. The quantitative estimate of drug-likeness (QED) is 0.300. The second-order valence-corrected chi connectivity index (χ2v) is 9.62. The molecule has 1 saturated carbocycles. The van der Waals surface area contributed by atoms with E-state index in [4.69, 9.17) is 4.74 Å². The fourth-order valence-corrected chi connectivity index (χ4v) is 4.02. The van der Waals surface area contributed by atoms with E-state index in [-0.39, 0.29) is 23.7 Å². The number of carbonyl (C=O) groups excluding carboxylic acids is 4. The van der Waals surface area contributed by atoms with Crippen LogP contribution in [0.3, 0.4) is 0 Å². The van der Waals surface area contributed by atoms with E-state index in [9.17, 15) is 19.2 Å². The molecule has 0 bridgehead atoms. The first-order valence-electron chi connectivity index (χ1n) is 10.8. The van der Waals surface area contributed by atoms with E-state index in [2.05, 4.69) is 33.5 Å². The summed E-state index contributed by atoms with van der Waals surface area (Å²) < 4.78 is 9.51. The Bertz CT molecular complexity index is 898. The highest BCUT2D eigenvalue weighted by Crippen LogP contribution is 2.34. The van der Waals surface area contributed by atoms with Gasteiger partial charge in [0.05, 0.1) is 12.1 Å². The first-order chi connectivity index (χ1) is 15.9. The molecule has 1 aliphatic rings. The number of rotatable bonds is 7. The van der Waals surface area contributed by atoms with Gasteiger partial charge in [0.1, 0.15) is 17.0 Å². The van der Waals surface area contributed by atoms with E-state index in [0.29, 0.717) is 23.7 Å². The summed E-state index contributed by atoms with van der Waals surface area (Å²) in [6, 6.07) is 0.136. The molecule has 0 saturated heterocycles. The Balaban J connectivity index is 0.000000546. The van der Waals surface area contributed by atoms with Crippen molar-refractivity contribution >= 4 is 35.7 Å². The van der Waals surface area contributed by atoms with Gasteiger partial charge in [-0.2, -0.15) is 0 Å². The summed E-state index contributed by atoms with van der Waals surface area (Å²) in [4.78, 5) is 48.3. The van der Waals surface area contributed by atoms with Crippen LogP contribution in [-0.4, -0.2) is 48.1 Å². The molecular weight excluding hydrogens is 460 g/mol. The van der Waals surface area contributed by atoms with Crippen LogP contribution in [0.15, 0.2) is 29.9 Å². The van der Waals surface area contributed by atoms with Gasteiger partial charge in [0.25, 0.3) is 5.91 Å². The van der Waals surface area contributed by atoms with Crippen LogP contribution < -0.4 is 16.0 Å². The highest BCUT2D eigenvalue weighted by atomic mass is 32.1. The Labute approximate surface area is 204 Å². The van der Waals surface area contributed by atoms with E-state index >= 15 is 0 Å². The minimum absolute atomic E-state index is 0.0625. The average Bonchev–Trinajstić information content (AvgIpc) is 3.23. The van der Waals surface area contributed by atoms with Gasteiger partial charge in [-0.15, -0.1) is 11.3 Å². The van der Waals surface area contributed by atoms with Gasteiger partial charge in [0.15, 0.2) is 0 Å². The molecule has 1 heterocycles. The predicted molar refractivity (Wildman–Crippen MR) is 129 cm³/mol. The van der Waals surface area contributed by atoms with Crippen molar-refractivity contribution in [2.45, 2.75) is 70.9 Å². The number of alkyl carbamates (subject to hydrolysis) is 1. The summed E-state index contributed by atoms with van der Waals surface area (Å²) >= 11 is 1.52. The van der Waals surface area contributed by atoms with Crippen LogP contribution in [0, 0.1) is 0 Å². The third-order valence-electron chi connectivity index (χ3n) is 4.54. The zero-order chi connectivity index (χ0) is 25.9. The largest absolute Gasteiger partial charge is 0.464 e. The van der Waals surface area contributed by atoms with Crippen LogP contribution >= 0.6 is 11.3 Å². The van der Waals surface area contributed by atoms with E-state index in [1.54, 1.807) is 12.3 Å². The second kappa shape index (κ2) is 13.5. The first-order valence-corrected chi connectivity index (χ1v) is 11.6. The highest BCUT2D eigenvalue weighted by molar-refractivity contribution is 7.09. The maximum Gasteiger partial charge on any atom is 0.407 e. The number of allylic oxidation sites excluding steroid dienone is 1. The van der Waals surface area contributed by atoms with Crippen LogP contribution in [-0.2, 0) is 19.1 Å². The summed E-state index contributed by atoms with van der Waals surface area (Å²) in [5, 5.41) is 10.4. The average molecular weight is 495 g/mol. The van der Waals surface area contributed by atoms with Crippen molar-refractivity contribution in [2.75, 3.05) is 7.11 Å². The molecule has 1 fully saturated rings. The number of thiazole rings is 1. The van der Waals surface area contributed by atoms with Crippen LogP contribution in [0.25, 0.3) is 0 Å². The summed E-state index contributed by atoms with van der Waals surface area (Å²) in [7, 11) is 1.21. The summed E-state index contributed by atoms with van der Waals surface area (Å²) in [5.74, 6) is -0.509. The molecule has 0 aromatic carbocycles. The van der Waals surface area contributed by atoms with Gasteiger partial charge in [-0.05, 0) is 53.4 Å². The minimum Gasteiger partial charge on any atom is -0.464 e. The number of amides is 3. The summed E-state index contributed by atoms with van der Waals surface area (Å²) in [6.45, 7) is 14.2. The Morgan fingerprint density at radius 1 is 1.18 bits per heavy atom. The molecule has 1 aromatic rings. The van der Waals surface area contributed by atoms with Gasteiger partial charge >= 0.3 is 12.1 Å². The number of aromatic nitrogens is 1. The maximum absolute atomic E-state index is 11.9. The van der Waals surface area contributed by atoms with Crippen LogP contribution in [0.1, 0.15) is 74.8 Å². The molecule has 10 nitrogen and oxygen atoms in total. The zero-order valence-electron chi connectivity index (χ0n) is 20.4. The molecule has 188 valence electrons. The SMILES string of the molecule is C=C(C)NC(=O)c1csc(C2CCC(NC(=O)OC(C)(C)C)CC2)n1.C=C(NC=O)C(=O)OC. The minimum atomic E-state index is -0.637. The van der Waals surface area contributed by atoms with Gasteiger partial charge in [-0.1, -0.05) is 13.2 Å². The number of hydrogen-bond donors (Lipinski definition) is 3. The molecule has 3 amide bonds. The third kappa shape index (κ3) is 10.6. The fraction of sp³-hybridized carbons (Fsp3) is 0.522. The molecule has 0 spiro atoms. The van der Waals surface area contributed by atoms with Crippen molar-refractivity contribution in [3.8, 4) is 0 Å². The number of nitrogens with zero attached hydrogens (tertiary/aromatic N) is 1. The topological polar surface area (TPSA) is 136 Å². The smallest absolute Gasteiger partial charge is 0.407 e. The molecule has 3 N–H and O–H groups in total. The van der Waals surface area contributed by atoms with E-state index < -0.39 is 11.6 Å². The van der Waals surface area contributed by atoms with E-state index in [0.717, 1.165) is 30.7 Å². The monoisotopic (exact) mass is 494 g/mol. The number of esters is 1. The van der Waals surface area contributed by atoms with Crippen molar-refractivity contribution in [1.82, 2.24) is 20.9 Å². The van der Waals surface area contributed by atoms with Crippen molar-refractivity contribution in [3.63, 3.8) is 0 Å².